The Bertz CT molecular complexity index is 1110. The van der Waals surface area contributed by atoms with Crippen LogP contribution in [0.25, 0.3) is 0 Å². The van der Waals surface area contributed by atoms with E-state index in [1.807, 2.05) is 0 Å². The smallest absolute Gasteiger partial charge is 0.457 e. The van der Waals surface area contributed by atoms with Crippen LogP contribution in [-0.2, 0) is 24.1 Å². The number of sulfone groups is 1. The molecule has 1 aliphatic heterocycles. The van der Waals surface area contributed by atoms with Crippen LogP contribution in [0.4, 0.5) is 13.2 Å². The van der Waals surface area contributed by atoms with Gasteiger partial charge in [0, 0.05) is 0 Å². The molecule has 9 nitrogen and oxygen atoms in total. The lowest BCUT2D eigenvalue weighted by Crippen LogP contribution is -2.40. The van der Waals surface area contributed by atoms with E-state index in [1.54, 1.807) is 13.8 Å². The van der Waals surface area contributed by atoms with E-state index in [2.05, 4.69) is 4.74 Å². The molecular formula is C22H24F3NO8S. The number of hydroxylamine groups is 2. The van der Waals surface area contributed by atoms with Gasteiger partial charge in [-0.25, -0.2) is 13.5 Å². The topological polar surface area (TPSA) is 112 Å². The molecule has 0 radical (unpaired) electrons. The van der Waals surface area contributed by atoms with Gasteiger partial charge in [-0.05, 0) is 68.8 Å². The second-order valence-electron chi connectivity index (χ2n) is 8.20. The van der Waals surface area contributed by atoms with Gasteiger partial charge in [0.05, 0.1) is 29.4 Å². The Balaban J connectivity index is 1.65. The van der Waals surface area contributed by atoms with Crippen LogP contribution in [0.15, 0.2) is 53.4 Å². The maximum atomic E-state index is 12.9. The van der Waals surface area contributed by atoms with Crippen LogP contribution in [0.1, 0.15) is 20.3 Å². The van der Waals surface area contributed by atoms with E-state index >= 15 is 0 Å². The zero-order valence-corrected chi connectivity index (χ0v) is 19.6. The SMILES string of the molecule is CC1(C)OC[C@H](CC(CS(=O)(=O)c2ccc(Oc3ccc(OC(F)(F)F)cc3)cc2)N(O)C=O)O1. The molecule has 1 N–H and O–H groups in total. The van der Waals surface area contributed by atoms with Gasteiger partial charge in [-0.2, -0.15) is 0 Å². The summed E-state index contributed by atoms with van der Waals surface area (Å²) < 4.78 is 83.0. The van der Waals surface area contributed by atoms with Gasteiger partial charge in [0.25, 0.3) is 0 Å². The minimum absolute atomic E-state index is 0.0349. The monoisotopic (exact) mass is 519 g/mol. The standard InChI is InChI=1S/C22H24F3NO8S/c1-21(2)31-12-19(33-21)11-15(26(28)14-27)13-35(29,30)20-9-7-17(8-10-20)32-16-3-5-18(6-4-16)34-22(23,24)25/h3-10,14-15,19,28H,11-13H2,1-2H3/t15?,19-/m0/s1. The molecule has 13 heteroatoms. The Morgan fingerprint density at radius 2 is 1.66 bits per heavy atom. The van der Waals surface area contributed by atoms with Crippen LogP contribution in [0.3, 0.4) is 0 Å². The largest absolute Gasteiger partial charge is 0.573 e. The van der Waals surface area contributed by atoms with Gasteiger partial charge in [0.1, 0.15) is 17.2 Å². The number of nitrogens with zero attached hydrogens (tertiary/aromatic N) is 1. The first-order valence-corrected chi connectivity index (χ1v) is 12.0. The fourth-order valence-corrected chi connectivity index (χ4v) is 4.97. The van der Waals surface area contributed by atoms with Crippen molar-refractivity contribution in [3.05, 3.63) is 48.5 Å². The molecule has 35 heavy (non-hydrogen) atoms. The highest BCUT2D eigenvalue weighted by molar-refractivity contribution is 7.91. The zero-order chi connectivity index (χ0) is 25.9. The van der Waals surface area contributed by atoms with Crippen molar-refractivity contribution < 1.29 is 50.5 Å². The number of alkyl halides is 3. The molecule has 1 saturated heterocycles. The molecule has 0 bridgehead atoms. The van der Waals surface area contributed by atoms with E-state index in [0.717, 1.165) is 12.1 Å². The van der Waals surface area contributed by atoms with E-state index in [4.69, 9.17) is 14.2 Å². The maximum absolute atomic E-state index is 12.9. The highest BCUT2D eigenvalue weighted by atomic mass is 32.2. The van der Waals surface area contributed by atoms with Crippen LogP contribution in [-0.4, -0.2) is 61.8 Å². The molecule has 1 aliphatic rings. The number of hydrogen-bond donors (Lipinski definition) is 1. The fraction of sp³-hybridized carbons (Fsp3) is 0.409. The molecule has 192 valence electrons. The summed E-state index contributed by atoms with van der Waals surface area (Å²) in [6.07, 6.45) is -5.16. The zero-order valence-electron chi connectivity index (χ0n) is 18.8. The van der Waals surface area contributed by atoms with Crippen LogP contribution in [0.5, 0.6) is 17.2 Å². The molecule has 2 aromatic carbocycles. The van der Waals surface area contributed by atoms with Crippen LogP contribution in [0, 0.1) is 0 Å². The minimum Gasteiger partial charge on any atom is -0.457 e. The lowest BCUT2D eigenvalue weighted by atomic mass is 10.1. The summed E-state index contributed by atoms with van der Waals surface area (Å²) in [5, 5.41) is 10.2. The quantitative estimate of drug-likeness (QED) is 0.286. The summed E-state index contributed by atoms with van der Waals surface area (Å²) >= 11 is 0. The van der Waals surface area contributed by atoms with E-state index < -0.39 is 45.6 Å². The summed E-state index contributed by atoms with van der Waals surface area (Å²) in [6.45, 7) is 3.58. The third-order valence-electron chi connectivity index (χ3n) is 4.97. The molecule has 0 aliphatic carbocycles. The van der Waals surface area contributed by atoms with Crippen molar-refractivity contribution in [1.29, 1.82) is 0 Å². The maximum Gasteiger partial charge on any atom is 0.573 e. The molecule has 2 atom stereocenters. The van der Waals surface area contributed by atoms with Crippen LogP contribution < -0.4 is 9.47 Å². The molecule has 0 saturated carbocycles. The van der Waals surface area contributed by atoms with Crippen molar-refractivity contribution in [3.63, 3.8) is 0 Å². The first-order chi connectivity index (χ1) is 16.3. The Kier molecular flexibility index (Phi) is 7.94. The Morgan fingerprint density at radius 3 is 2.14 bits per heavy atom. The summed E-state index contributed by atoms with van der Waals surface area (Å²) in [5.41, 5.74) is 0. The molecule has 3 rings (SSSR count). The molecule has 1 heterocycles. The number of halogens is 3. The summed E-state index contributed by atoms with van der Waals surface area (Å²) in [7, 11) is -3.93. The lowest BCUT2D eigenvalue weighted by molar-refractivity contribution is -0.274. The molecule has 1 amide bonds. The van der Waals surface area contributed by atoms with E-state index in [-0.39, 0.29) is 35.8 Å². The molecule has 2 aromatic rings. The number of carbonyl (C=O) groups is 1. The Labute approximate surface area is 199 Å². The average molecular weight is 519 g/mol. The van der Waals surface area contributed by atoms with Crippen molar-refractivity contribution in [2.24, 2.45) is 0 Å². The van der Waals surface area contributed by atoms with E-state index in [0.29, 0.717) is 5.06 Å². The third-order valence-corrected chi connectivity index (χ3v) is 6.79. The fourth-order valence-electron chi connectivity index (χ4n) is 3.43. The van der Waals surface area contributed by atoms with E-state index in [1.165, 1.54) is 36.4 Å². The van der Waals surface area contributed by atoms with Gasteiger partial charge in [-0.15, -0.1) is 13.2 Å². The van der Waals surface area contributed by atoms with Crippen molar-refractivity contribution in [2.45, 2.75) is 49.5 Å². The van der Waals surface area contributed by atoms with Crippen molar-refractivity contribution >= 4 is 16.2 Å². The van der Waals surface area contributed by atoms with Crippen molar-refractivity contribution in [1.82, 2.24) is 5.06 Å². The molecule has 0 aromatic heterocycles. The third kappa shape index (κ3) is 7.82. The number of benzene rings is 2. The number of rotatable bonds is 10. The molecule has 1 unspecified atom stereocenters. The van der Waals surface area contributed by atoms with Crippen molar-refractivity contribution in [3.8, 4) is 17.2 Å². The summed E-state index contributed by atoms with van der Waals surface area (Å²) in [4.78, 5) is 11.0. The van der Waals surface area contributed by atoms with E-state index in [9.17, 15) is 31.6 Å². The lowest BCUT2D eigenvalue weighted by Gasteiger charge is -2.25. The van der Waals surface area contributed by atoms with Gasteiger partial charge < -0.3 is 18.9 Å². The van der Waals surface area contributed by atoms with Crippen LogP contribution >= 0.6 is 0 Å². The normalized spacial score (nSPS) is 18.6. The van der Waals surface area contributed by atoms with Gasteiger partial charge >= 0.3 is 6.36 Å². The predicted octanol–water partition coefficient (Wildman–Crippen LogP) is 3.91. The average Bonchev–Trinajstić information content (AvgIpc) is 3.11. The molecule has 1 fully saturated rings. The van der Waals surface area contributed by atoms with Gasteiger partial charge in [-0.3, -0.25) is 10.0 Å². The molecular weight excluding hydrogens is 495 g/mol. The number of carbonyl (C=O) groups excluding carboxylic acids is 1. The van der Waals surface area contributed by atoms with Crippen molar-refractivity contribution in [2.75, 3.05) is 12.4 Å². The van der Waals surface area contributed by atoms with Gasteiger partial charge in [0.2, 0.25) is 6.41 Å². The summed E-state index contributed by atoms with van der Waals surface area (Å²) in [6, 6.07) is 8.92. The minimum atomic E-state index is -4.81. The first kappa shape index (κ1) is 26.7. The summed E-state index contributed by atoms with van der Waals surface area (Å²) in [5.74, 6) is -1.38. The van der Waals surface area contributed by atoms with Gasteiger partial charge in [-0.1, -0.05) is 0 Å². The predicted molar refractivity (Wildman–Crippen MR) is 115 cm³/mol. The number of hydrogen-bond acceptors (Lipinski definition) is 8. The Morgan fingerprint density at radius 1 is 1.11 bits per heavy atom. The second-order valence-corrected chi connectivity index (χ2v) is 10.2. The van der Waals surface area contributed by atoms with Crippen LogP contribution in [0.2, 0.25) is 0 Å². The first-order valence-electron chi connectivity index (χ1n) is 10.4. The molecule has 0 spiro atoms. The highest BCUT2D eigenvalue weighted by Gasteiger charge is 2.36. The number of ether oxygens (including phenoxy) is 4. The Hall–Kier alpha value is -2.87. The second kappa shape index (κ2) is 10.4. The number of amides is 1. The highest BCUT2D eigenvalue weighted by Crippen LogP contribution is 2.29. The van der Waals surface area contributed by atoms with Gasteiger partial charge in [0.15, 0.2) is 15.6 Å².